The van der Waals surface area contributed by atoms with Crippen LogP contribution in [0, 0.1) is 6.92 Å². The van der Waals surface area contributed by atoms with Gasteiger partial charge in [0, 0.05) is 18.1 Å². The first-order chi connectivity index (χ1) is 13.8. The third-order valence-electron chi connectivity index (χ3n) is 5.20. The summed E-state index contributed by atoms with van der Waals surface area (Å²) >= 11 is 6.12. The molecule has 0 spiro atoms. The number of rotatable bonds is 3. The zero-order valence-electron chi connectivity index (χ0n) is 16.7. The maximum absolute atomic E-state index is 13.5. The first kappa shape index (κ1) is 19.7. The van der Waals surface area contributed by atoms with Gasteiger partial charge in [0.1, 0.15) is 5.70 Å². The van der Waals surface area contributed by atoms with Gasteiger partial charge in [0.25, 0.3) is 11.8 Å². The van der Waals surface area contributed by atoms with E-state index >= 15 is 0 Å². The molecule has 2 heterocycles. The van der Waals surface area contributed by atoms with Gasteiger partial charge in [0.05, 0.1) is 23.5 Å². The Bertz CT molecular complexity index is 989. The molecule has 2 unspecified atom stereocenters. The van der Waals surface area contributed by atoms with Gasteiger partial charge in [0.15, 0.2) is 0 Å². The summed E-state index contributed by atoms with van der Waals surface area (Å²) in [6.07, 6.45) is -0.0673. The molecule has 0 radical (unpaired) electrons. The Morgan fingerprint density at radius 1 is 0.966 bits per heavy atom. The van der Waals surface area contributed by atoms with Crippen molar-refractivity contribution in [2.24, 2.45) is 0 Å². The SMILES string of the molecule is Cc1ccc(C2=C(N3CC(C)OC(C)C3)C(=O)N(c3cccc(Cl)c3)C2=O)cc1. The number of amides is 2. The topological polar surface area (TPSA) is 49.9 Å². The summed E-state index contributed by atoms with van der Waals surface area (Å²) in [7, 11) is 0. The van der Waals surface area contributed by atoms with Gasteiger partial charge in [-0.3, -0.25) is 9.59 Å². The van der Waals surface area contributed by atoms with E-state index in [2.05, 4.69) is 0 Å². The van der Waals surface area contributed by atoms with Crippen molar-refractivity contribution in [1.82, 2.24) is 4.90 Å². The molecule has 0 saturated carbocycles. The summed E-state index contributed by atoms with van der Waals surface area (Å²) in [5.74, 6) is -0.656. The fourth-order valence-corrected chi connectivity index (χ4v) is 4.19. The maximum Gasteiger partial charge on any atom is 0.282 e. The standard InChI is InChI=1S/C23H23ClN2O3/c1-14-7-9-17(10-8-14)20-21(25-12-15(2)29-16(3)13-25)23(28)26(22(20)27)19-6-4-5-18(24)11-19/h4-11,15-16H,12-13H2,1-3H3. The summed E-state index contributed by atoms with van der Waals surface area (Å²) < 4.78 is 5.83. The molecule has 2 atom stereocenters. The second-order valence-corrected chi connectivity index (χ2v) is 8.11. The predicted octanol–water partition coefficient (Wildman–Crippen LogP) is 4.04. The van der Waals surface area contributed by atoms with Gasteiger partial charge in [-0.15, -0.1) is 0 Å². The zero-order chi connectivity index (χ0) is 20.7. The molecule has 0 aliphatic carbocycles. The van der Waals surface area contributed by atoms with E-state index in [1.807, 2.05) is 49.9 Å². The average Bonchev–Trinajstić information content (AvgIpc) is 2.92. The molecule has 1 saturated heterocycles. The first-order valence-electron chi connectivity index (χ1n) is 9.71. The van der Waals surface area contributed by atoms with Gasteiger partial charge in [0.2, 0.25) is 0 Å². The van der Waals surface area contributed by atoms with Crippen LogP contribution in [-0.2, 0) is 14.3 Å². The van der Waals surface area contributed by atoms with E-state index in [-0.39, 0.29) is 24.0 Å². The number of morpholine rings is 1. The Labute approximate surface area is 175 Å². The van der Waals surface area contributed by atoms with Crippen LogP contribution in [0.4, 0.5) is 5.69 Å². The molecule has 1 fully saturated rings. The van der Waals surface area contributed by atoms with Gasteiger partial charge in [-0.1, -0.05) is 47.5 Å². The van der Waals surface area contributed by atoms with Crippen molar-refractivity contribution in [3.05, 3.63) is 70.4 Å². The van der Waals surface area contributed by atoms with Crippen molar-refractivity contribution in [3.63, 3.8) is 0 Å². The molecule has 2 aliphatic rings. The number of halogens is 1. The molecule has 2 aliphatic heterocycles. The predicted molar refractivity (Wildman–Crippen MR) is 114 cm³/mol. The Kier molecular flexibility index (Phi) is 5.19. The van der Waals surface area contributed by atoms with Crippen molar-refractivity contribution < 1.29 is 14.3 Å². The number of carbonyl (C=O) groups is 2. The number of nitrogens with zero attached hydrogens (tertiary/aromatic N) is 2. The molecule has 2 aromatic carbocycles. The second-order valence-electron chi connectivity index (χ2n) is 7.68. The van der Waals surface area contributed by atoms with E-state index in [1.54, 1.807) is 24.3 Å². The fraction of sp³-hybridized carbons (Fsp3) is 0.304. The summed E-state index contributed by atoms with van der Waals surface area (Å²) in [5.41, 5.74) is 3.16. The van der Waals surface area contributed by atoms with Crippen LogP contribution in [-0.4, -0.2) is 42.0 Å². The lowest BCUT2D eigenvalue weighted by atomic mass is 10.0. The van der Waals surface area contributed by atoms with Gasteiger partial charge in [-0.05, 0) is 44.5 Å². The lowest BCUT2D eigenvalue weighted by Gasteiger charge is -2.37. The van der Waals surface area contributed by atoms with Crippen molar-refractivity contribution >= 4 is 34.7 Å². The highest BCUT2D eigenvalue weighted by atomic mass is 35.5. The summed E-state index contributed by atoms with van der Waals surface area (Å²) in [4.78, 5) is 30.2. The zero-order valence-corrected chi connectivity index (χ0v) is 17.4. The quantitative estimate of drug-likeness (QED) is 0.716. The molecule has 0 aromatic heterocycles. The Hall–Kier alpha value is -2.63. The molecule has 2 aromatic rings. The smallest absolute Gasteiger partial charge is 0.282 e. The van der Waals surface area contributed by atoms with Crippen LogP contribution in [0.3, 0.4) is 0 Å². The number of anilines is 1. The van der Waals surface area contributed by atoms with Gasteiger partial charge in [-0.2, -0.15) is 0 Å². The van der Waals surface area contributed by atoms with Crippen LogP contribution >= 0.6 is 11.6 Å². The molecule has 0 bridgehead atoms. The first-order valence-corrected chi connectivity index (χ1v) is 10.1. The van der Waals surface area contributed by atoms with E-state index in [4.69, 9.17) is 16.3 Å². The lowest BCUT2D eigenvalue weighted by molar-refractivity contribution is -0.121. The Morgan fingerprint density at radius 3 is 2.24 bits per heavy atom. The molecule has 6 heteroatoms. The third kappa shape index (κ3) is 3.68. The highest BCUT2D eigenvalue weighted by Crippen LogP contribution is 2.36. The molecule has 0 N–H and O–H groups in total. The Morgan fingerprint density at radius 2 is 1.62 bits per heavy atom. The average molecular weight is 411 g/mol. The van der Waals surface area contributed by atoms with Crippen LogP contribution in [0.5, 0.6) is 0 Å². The summed E-state index contributed by atoms with van der Waals surface area (Å²) in [6, 6.07) is 14.5. The normalized spacial score (nSPS) is 22.6. The van der Waals surface area contributed by atoms with Crippen molar-refractivity contribution in [2.75, 3.05) is 18.0 Å². The van der Waals surface area contributed by atoms with E-state index in [9.17, 15) is 9.59 Å². The van der Waals surface area contributed by atoms with Crippen molar-refractivity contribution in [1.29, 1.82) is 0 Å². The number of hydrogen-bond acceptors (Lipinski definition) is 4. The number of ether oxygens (including phenoxy) is 1. The molecule has 2 amide bonds. The van der Waals surface area contributed by atoms with Gasteiger partial charge >= 0.3 is 0 Å². The van der Waals surface area contributed by atoms with Crippen LogP contribution in [0.2, 0.25) is 5.02 Å². The van der Waals surface area contributed by atoms with Crippen LogP contribution < -0.4 is 4.90 Å². The number of imide groups is 1. The highest BCUT2D eigenvalue weighted by molar-refractivity contribution is 6.45. The van der Waals surface area contributed by atoms with Crippen molar-refractivity contribution in [3.8, 4) is 0 Å². The maximum atomic E-state index is 13.5. The fourth-order valence-electron chi connectivity index (χ4n) is 4.00. The van der Waals surface area contributed by atoms with Gasteiger partial charge in [-0.25, -0.2) is 4.90 Å². The molecule has 4 rings (SSSR count). The number of benzene rings is 2. The lowest BCUT2D eigenvalue weighted by Crippen LogP contribution is -2.47. The minimum Gasteiger partial charge on any atom is -0.372 e. The molecular weight excluding hydrogens is 388 g/mol. The third-order valence-corrected chi connectivity index (χ3v) is 5.44. The van der Waals surface area contributed by atoms with E-state index in [0.29, 0.717) is 35.1 Å². The largest absolute Gasteiger partial charge is 0.372 e. The minimum absolute atomic E-state index is 0.0337. The van der Waals surface area contributed by atoms with Crippen LogP contribution in [0.15, 0.2) is 54.2 Å². The number of hydrogen-bond donors (Lipinski definition) is 0. The molecule has 150 valence electrons. The second kappa shape index (κ2) is 7.65. The van der Waals surface area contributed by atoms with E-state index in [1.165, 1.54) is 4.90 Å². The Balaban J connectivity index is 1.84. The molecule has 5 nitrogen and oxygen atoms in total. The van der Waals surface area contributed by atoms with E-state index < -0.39 is 0 Å². The van der Waals surface area contributed by atoms with E-state index in [0.717, 1.165) is 11.1 Å². The monoisotopic (exact) mass is 410 g/mol. The van der Waals surface area contributed by atoms with Gasteiger partial charge < -0.3 is 9.64 Å². The number of aryl methyl sites for hydroxylation is 1. The summed E-state index contributed by atoms with van der Waals surface area (Å²) in [6.45, 7) is 7.05. The summed E-state index contributed by atoms with van der Waals surface area (Å²) in [5, 5.41) is 0.474. The molecule has 29 heavy (non-hydrogen) atoms. The highest BCUT2D eigenvalue weighted by Gasteiger charge is 2.43. The van der Waals surface area contributed by atoms with Crippen LogP contribution in [0.1, 0.15) is 25.0 Å². The minimum atomic E-state index is -0.331. The van der Waals surface area contributed by atoms with Crippen molar-refractivity contribution in [2.45, 2.75) is 33.0 Å². The number of carbonyl (C=O) groups excluding carboxylic acids is 2. The van der Waals surface area contributed by atoms with Crippen LogP contribution in [0.25, 0.3) is 5.57 Å². The molecular formula is C23H23ClN2O3.